The zero-order valence-corrected chi connectivity index (χ0v) is 17.8. The molecule has 0 aliphatic carbocycles. The summed E-state index contributed by atoms with van der Waals surface area (Å²) < 4.78 is 6.98. The van der Waals surface area contributed by atoms with E-state index in [9.17, 15) is 19.7 Å². The molecule has 1 aliphatic heterocycles. The van der Waals surface area contributed by atoms with Crippen LogP contribution in [0, 0.1) is 30.9 Å². The molecule has 0 fully saturated rings. The summed E-state index contributed by atoms with van der Waals surface area (Å²) in [5.41, 5.74) is 3.61. The van der Waals surface area contributed by atoms with Gasteiger partial charge in [0.15, 0.2) is 6.61 Å². The number of carbonyl (C=O) groups excluding carboxylic acids is 2. The lowest BCUT2D eigenvalue weighted by Gasteiger charge is -2.28. The Morgan fingerprint density at radius 2 is 1.88 bits per heavy atom. The average molecular weight is 435 g/mol. The molecule has 2 amide bonds. The Labute approximate surface area is 183 Å². The first-order valence-electron chi connectivity index (χ1n) is 9.88. The van der Waals surface area contributed by atoms with Crippen LogP contribution < -0.4 is 15.0 Å². The van der Waals surface area contributed by atoms with Crippen LogP contribution in [-0.4, -0.2) is 39.7 Å². The second-order valence-corrected chi connectivity index (χ2v) is 7.65. The maximum Gasteiger partial charge on any atom is 0.271 e. The van der Waals surface area contributed by atoms with Gasteiger partial charge in [-0.05, 0) is 50.1 Å². The Hall–Kier alpha value is -4.21. The van der Waals surface area contributed by atoms with E-state index >= 15 is 0 Å². The van der Waals surface area contributed by atoms with E-state index in [1.165, 1.54) is 23.1 Å². The summed E-state index contributed by atoms with van der Waals surface area (Å²) in [4.78, 5) is 37.0. The summed E-state index contributed by atoms with van der Waals surface area (Å²) in [6, 6.07) is 11.6. The maximum absolute atomic E-state index is 12.9. The van der Waals surface area contributed by atoms with Crippen molar-refractivity contribution in [1.29, 1.82) is 0 Å². The molecule has 0 radical (unpaired) electrons. The normalized spacial score (nSPS) is 12.8. The molecule has 0 atom stereocenters. The van der Waals surface area contributed by atoms with Crippen LogP contribution >= 0.6 is 0 Å². The fourth-order valence-electron chi connectivity index (χ4n) is 3.66. The number of aromatic nitrogens is 2. The third-order valence-electron chi connectivity index (χ3n) is 4.95. The number of nitro groups is 1. The minimum Gasteiger partial charge on any atom is -0.482 e. The van der Waals surface area contributed by atoms with Crippen molar-refractivity contribution in [1.82, 2.24) is 9.78 Å². The quantitative estimate of drug-likeness (QED) is 0.486. The smallest absolute Gasteiger partial charge is 0.271 e. The minimum absolute atomic E-state index is 0.185. The van der Waals surface area contributed by atoms with Crippen molar-refractivity contribution >= 4 is 29.0 Å². The number of fused-ring (bicyclic) bond motifs is 1. The molecule has 3 aromatic rings. The minimum atomic E-state index is -0.567. The third kappa shape index (κ3) is 4.15. The molecule has 1 N–H and O–H groups in total. The first kappa shape index (κ1) is 21.0. The van der Waals surface area contributed by atoms with Crippen molar-refractivity contribution in [2.24, 2.45) is 0 Å². The second-order valence-electron chi connectivity index (χ2n) is 7.65. The highest BCUT2D eigenvalue weighted by atomic mass is 16.6. The van der Waals surface area contributed by atoms with E-state index in [1.807, 2.05) is 39.0 Å². The molecule has 0 saturated carbocycles. The highest BCUT2D eigenvalue weighted by molar-refractivity contribution is 6.05. The second kappa shape index (κ2) is 8.14. The molecule has 2 aromatic carbocycles. The van der Waals surface area contributed by atoms with Gasteiger partial charge in [-0.1, -0.05) is 6.07 Å². The number of ether oxygens (including phenoxy) is 1. The number of carbonyl (C=O) groups is 2. The Morgan fingerprint density at radius 1 is 1.16 bits per heavy atom. The topological polar surface area (TPSA) is 120 Å². The Balaban J connectivity index is 1.60. The number of nitrogens with zero attached hydrogens (tertiary/aromatic N) is 4. The van der Waals surface area contributed by atoms with Gasteiger partial charge >= 0.3 is 0 Å². The number of nitro benzene ring substituents is 1. The molecular weight excluding hydrogens is 414 g/mol. The fraction of sp³-hybridized carbons (Fsp3) is 0.227. The number of non-ortho nitro benzene ring substituents is 1. The van der Waals surface area contributed by atoms with E-state index in [4.69, 9.17) is 4.74 Å². The lowest BCUT2D eigenvalue weighted by atomic mass is 10.1. The summed E-state index contributed by atoms with van der Waals surface area (Å²) in [6.07, 6.45) is 0. The van der Waals surface area contributed by atoms with E-state index in [0.717, 1.165) is 16.8 Å². The lowest BCUT2D eigenvalue weighted by Crippen LogP contribution is -2.43. The van der Waals surface area contributed by atoms with Crippen LogP contribution in [-0.2, 0) is 9.59 Å². The largest absolute Gasteiger partial charge is 0.482 e. The van der Waals surface area contributed by atoms with Crippen LogP contribution in [0.5, 0.6) is 5.75 Å². The summed E-state index contributed by atoms with van der Waals surface area (Å²) in [6.45, 7) is 5.19. The van der Waals surface area contributed by atoms with Crippen molar-refractivity contribution in [3.63, 3.8) is 0 Å². The van der Waals surface area contributed by atoms with Crippen LogP contribution in [0.1, 0.15) is 16.8 Å². The lowest BCUT2D eigenvalue weighted by molar-refractivity contribution is -0.384. The first-order chi connectivity index (χ1) is 15.2. The first-order valence-corrected chi connectivity index (χ1v) is 9.88. The zero-order valence-electron chi connectivity index (χ0n) is 17.8. The number of benzene rings is 2. The Morgan fingerprint density at radius 3 is 2.56 bits per heavy atom. The molecule has 0 bridgehead atoms. The molecule has 10 nitrogen and oxygen atoms in total. The molecule has 0 saturated heterocycles. The summed E-state index contributed by atoms with van der Waals surface area (Å²) in [5, 5.41) is 18.4. The van der Waals surface area contributed by atoms with Crippen molar-refractivity contribution < 1.29 is 19.2 Å². The van der Waals surface area contributed by atoms with Gasteiger partial charge in [0.1, 0.15) is 18.1 Å². The molecule has 0 unspecified atom stereocenters. The Kier molecular flexibility index (Phi) is 5.35. The Bertz CT molecular complexity index is 1230. The predicted molar refractivity (Wildman–Crippen MR) is 117 cm³/mol. The zero-order chi connectivity index (χ0) is 23.0. The molecule has 1 aliphatic rings. The van der Waals surface area contributed by atoms with Gasteiger partial charge < -0.3 is 10.1 Å². The highest BCUT2D eigenvalue weighted by Gasteiger charge is 2.29. The highest BCUT2D eigenvalue weighted by Crippen LogP contribution is 2.35. The van der Waals surface area contributed by atoms with Gasteiger partial charge in [0.25, 0.3) is 11.6 Å². The van der Waals surface area contributed by atoms with E-state index in [1.54, 1.807) is 10.7 Å². The van der Waals surface area contributed by atoms with Gasteiger partial charge in [0, 0.05) is 18.2 Å². The molecule has 1 aromatic heterocycles. The monoisotopic (exact) mass is 435 g/mol. The van der Waals surface area contributed by atoms with Crippen LogP contribution in [0.3, 0.4) is 0 Å². The molecule has 2 heterocycles. The third-order valence-corrected chi connectivity index (χ3v) is 4.95. The SMILES string of the molecule is Cc1cc(C)cc(-n2nc(C)cc2NC(=O)CN2C(=O)COc3ccc([N+](=O)[O-])cc32)c1. The van der Waals surface area contributed by atoms with Crippen molar-refractivity contribution in [2.75, 3.05) is 23.4 Å². The maximum atomic E-state index is 12.9. The van der Waals surface area contributed by atoms with Crippen molar-refractivity contribution in [3.05, 3.63) is 69.4 Å². The van der Waals surface area contributed by atoms with Crippen LogP contribution in [0.2, 0.25) is 0 Å². The number of aryl methyl sites for hydroxylation is 3. The van der Waals surface area contributed by atoms with Crippen LogP contribution in [0.15, 0.2) is 42.5 Å². The average Bonchev–Trinajstić information content (AvgIpc) is 3.09. The number of nitrogens with one attached hydrogen (secondary N) is 1. The molecule has 10 heteroatoms. The summed E-state index contributed by atoms with van der Waals surface area (Å²) in [7, 11) is 0. The molecular formula is C22H21N5O5. The van der Waals surface area contributed by atoms with E-state index in [2.05, 4.69) is 10.4 Å². The number of rotatable bonds is 5. The molecule has 4 rings (SSSR count). The standard InChI is InChI=1S/C22H21N5O5/c1-13-6-14(2)8-17(7-13)26-20(9-15(3)24-26)23-21(28)11-25-18-10-16(27(30)31)4-5-19(18)32-12-22(25)29/h4-10H,11-12H2,1-3H3,(H,23,28). The molecule has 0 spiro atoms. The number of amides is 2. The summed E-state index contributed by atoms with van der Waals surface area (Å²) in [5.74, 6) is -0.174. The number of anilines is 2. The predicted octanol–water partition coefficient (Wildman–Crippen LogP) is 3.07. The van der Waals surface area contributed by atoms with Gasteiger partial charge in [0.2, 0.25) is 5.91 Å². The van der Waals surface area contributed by atoms with Gasteiger partial charge in [-0.3, -0.25) is 24.6 Å². The summed E-state index contributed by atoms with van der Waals surface area (Å²) >= 11 is 0. The van der Waals surface area contributed by atoms with Gasteiger partial charge in [0.05, 0.1) is 22.0 Å². The van der Waals surface area contributed by atoms with Gasteiger partial charge in [-0.15, -0.1) is 0 Å². The van der Waals surface area contributed by atoms with Gasteiger partial charge in [-0.2, -0.15) is 5.10 Å². The number of hydrogen-bond acceptors (Lipinski definition) is 6. The fourth-order valence-corrected chi connectivity index (χ4v) is 3.66. The van der Waals surface area contributed by atoms with E-state index in [-0.39, 0.29) is 24.5 Å². The van der Waals surface area contributed by atoms with E-state index < -0.39 is 16.7 Å². The number of hydrogen-bond donors (Lipinski definition) is 1. The molecule has 32 heavy (non-hydrogen) atoms. The van der Waals surface area contributed by atoms with Gasteiger partial charge in [-0.25, -0.2) is 4.68 Å². The van der Waals surface area contributed by atoms with Crippen molar-refractivity contribution in [2.45, 2.75) is 20.8 Å². The van der Waals surface area contributed by atoms with Crippen LogP contribution in [0.4, 0.5) is 17.2 Å². The van der Waals surface area contributed by atoms with Crippen LogP contribution in [0.25, 0.3) is 5.69 Å². The van der Waals surface area contributed by atoms with Crippen molar-refractivity contribution in [3.8, 4) is 11.4 Å². The molecule has 164 valence electrons. The van der Waals surface area contributed by atoms with E-state index in [0.29, 0.717) is 17.3 Å².